The molecule has 0 spiro atoms. The van der Waals surface area contributed by atoms with Crippen LogP contribution in [0.2, 0.25) is 0 Å². The van der Waals surface area contributed by atoms with Crippen LogP contribution in [0, 0.1) is 0 Å². The minimum absolute atomic E-state index is 0.0650. The number of hydrogen-bond acceptors (Lipinski definition) is 4. The van der Waals surface area contributed by atoms with Crippen LogP contribution in [0.5, 0.6) is 0 Å². The minimum atomic E-state index is -0.0650. The van der Waals surface area contributed by atoms with Gasteiger partial charge in [-0.2, -0.15) is 0 Å². The molecule has 0 aliphatic heterocycles. The lowest BCUT2D eigenvalue weighted by atomic mass is 10.4. The molecule has 0 aromatic rings. The van der Waals surface area contributed by atoms with Crippen molar-refractivity contribution >= 4 is 0 Å². The average molecular weight is 205 g/mol. The second kappa shape index (κ2) is 8.17. The Morgan fingerprint density at radius 2 is 1.29 bits per heavy atom. The fourth-order valence-corrected chi connectivity index (χ4v) is 0.880. The molecule has 0 unspecified atom stereocenters. The minimum Gasteiger partial charge on any atom is -0.376 e. The second-order valence-electron chi connectivity index (χ2n) is 3.72. The Labute approximate surface area is 86.7 Å². The van der Waals surface area contributed by atoms with E-state index in [4.69, 9.17) is 19.9 Å². The van der Waals surface area contributed by atoms with Gasteiger partial charge in [0.05, 0.1) is 32.2 Å². The third kappa shape index (κ3) is 8.44. The van der Waals surface area contributed by atoms with Gasteiger partial charge in [-0.3, -0.25) is 0 Å². The second-order valence-corrected chi connectivity index (χ2v) is 3.72. The first-order valence-electron chi connectivity index (χ1n) is 5.11. The monoisotopic (exact) mass is 205 g/mol. The van der Waals surface area contributed by atoms with Crippen LogP contribution in [0.1, 0.15) is 27.7 Å². The maximum Gasteiger partial charge on any atom is 0.106 e. The first-order chi connectivity index (χ1) is 6.56. The van der Waals surface area contributed by atoms with E-state index in [1.807, 2.05) is 27.7 Å². The average Bonchev–Trinajstić information content (AvgIpc) is 2.09. The Kier molecular flexibility index (Phi) is 8.08. The van der Waals surface area contributed by atoms with E-state index in [-0.39, 0.29) is 25.0 Å². The van der Waals surface area contributed by atoms with Crippen LogP contribution < -0.4 is 5.73 Å². The Balaban J connectivity index is 3.65. The van der Waals surface area contributed by atoms with Crippen LogP contribution in [0.4, 0.5) is 0 Å². The highest BCUT2D eigenvalue weighted by atomic mass is 16.6. The van der Waals surface area contributed by atoms with Crippen LogP contribution in [0.3, 0.4) is 0 Å². The number of nitrogens with two attached hydrogens (primary N) is 1. The standard InChI is InChI=1S/C10H23NO3/c1-8(2)12-5-10(14-7-11)6-13-9(3)4/h8-10H,5-7,11H2,1-4H3. The normalized spacial score (nSPS) is 12.0. The smallest absolute Gasteiger partial charge is 0.106 e. The van der Waals surface area contributed by atoms with Gasteiger partial charge in [0.25, 0.3) is 0 Å². The molecule has 0 aliphatic carbocycles. The van der Waals surface area contributed by atoms with Gasteiger partial charge in [-0.1, -0.05) is 0 Å². The van der Waals surface area contributed by atoms with Gasteiger partial charge < -0.3 is 19.9 Å². The van der Waals surface area contributed by atoms with E-state index in [0.717, 1.165) is 0 Å². The zero-order chi connectivity index (χ0) is 11.0. The van der Waals surface area contributed by atoms with E-state index in [9.17, 15) is 0 Å². The van der Waals surface area contributed by atoms with E-state index in [1.54, 1.807) is 0 Å². The maximum absolute atomic E-state index is 5.43. The van der Waals surface area contributed by atoms with E-state index in [2.05, 4.69) is 0 Å². The van der Waals surface area contributed by atoms with E-state index in [1.165, 1.54) is 0 Å². The molecule has 2 N–H and O–H groups in total. The number of rotatable bonds is 8. The Bertz CT molecular complexity index is 117. The first-order valence-corrected chi connectivity index (χ1v) is 5.11. The van der Waals surface area contributed by atoms with Crippen molar-refractivity contribution in [1.29, 1.82) is 0 Å². The fraction of sp³-hybridized carbons (Fsp3) is 1.00. The van der Waals surface area contributed by atoms with Gasteiger partial charge in [0.2, 0.25) is 0 Å². The third-order valence-electron chi connectivity index (χ3n) is 1.56. The summed E-state index contributed by atoms with van der Waals surface area (Å²) in [5.41, 5.74) is 5.31. The van der Waals surface area contributed by atoms with Crippen molar-refractivity contribution < 1.29 is 14.2 Å². The molecule has 0 saturated heterocycles. The largest absolute Gasteiger partial charge is 0.376 e. The lowest BCUT2D eigenvalue weighted by Crippen LogP contribution is -2.30. The molecule has 4 nitrogen and oxygen atoms in total. The molecule has 86 valence electrons. The van der Waals surface area contributed by atoms with Crippen molar-refractivity contribution in [2.45, 2.75) is 46.0 Å². The summed E-state index contributed by atoms with van der Waals surface area (Å²) in [6, 6.07) is 0. The molecule has 0 aromatic heterocycles. The maximum atomic E-state index is 5.43. The van der Waals surface area contributed by atoms with Crippen molar-refractivity contribution in [3.63, 3.8) is 0 Å². The van der Waals surface area contributed by atoms with Crippen LogP contribution >= 0.6 is 0 Å². The van der Waals surface area contributed by atoms with E-state index < -0.39 is 0 Å². The third-order valence-corrected chi connectivity index (χ3v) is 1.56. The van der Waals surface area contributed by atoms with Crippen LogP contribution in [-0.2, 0) is 14.2 Å². The molecule has 0 atom stereocenters. The molecule has 0 radical (unpaired) electrons. The molecule has 0 rings (SSSR count). The van der Waals surface area contributed by atoms with E-state index >= 15 is 0 Å². The summed E-state index contributed by atoms with van der Waals surface area (Å²) in [6.07, 6.45) is 0.348. The molecular formula is C10H23NO3. The predicted octanol–water partition coefficient (Wildman–Crippen LogP) is 1.14. The lowest BCUT2D eigenvalue weighted by Gasteiger charge is -2.19. The zero-order valence-electron chi connectivity index (χ0n) is 9.66. The highest BCUT2D eigenvalue weighted by Crippen LogP contribution is 1.99. The van der Waals surface area contributed by atoms with Crippen molar-refractivity contribution in [2.75, 3.05) is 19.9 Å². The summed E-state index contributed by atoms with van der Waals surface area (Å²) in [5.74, 6) is 0. The highest BCUT2D eigenvalue weighted by molar-refractivity contribution is 4.56. The highest BCUT2D eigenvalue weighted by Gasteiger charge is 2.10. The molecule has 0 amide bonds. The zero-order valence-corrected chi connectivity index (χ0v) is 9.66. The Hall–Kier alpha value is -0.160. The molecule has 0 heterocycles. The van der Waals surface area contributed by atoms with Gasteiger partial charge in [0, 0.05) is 0 Å². The fourth-order valence-electron chi connectivity index (χ4n) is 0.880. The molecule has 14 heavy (non-hydrogen) atoms. The van der Waals surface area contributed by atoms with Crippen molar-refractivity contribution in [3.05, 3.63) is 0 Å². The Morgan fingerprint density at radius 1 is 0.857 bits per heavy atom. The molecular weight excluding hydrogens is 182 g/mol. The number of ether oxygens (including phenoxy) is 3. The SMILES string of the molecule is CC(C)OCC(COC(C)C)OCN. The van der Waals surface area contributed by atoms with Gasteiger partial charge in [0.15, 0.2) is 0 Å². The van der Waals surface area contributed by atoms with Gasteiger partial charge in [-0.25, -0.2) is 0 Å². The summed E-state index contributed by atoms with van der Waals surface area (Å²) in [4.78, 5) is 0. The van der Waals surface area contributed by atoms with Crippen LogP contribution in [0.15, 0.2) is 0 Å². The Morgan fingerprint density at radius 3 is 1.57 bits per heavy atom. The van der Waals surface area contributed by atoms with Crippen LogP contribution in [0.25, 0.3) is 0 Å². The van der Waals surface area contributed by atoms with Crippen molar-refractivity contribution in [2.24, 2.45) is 5.73 Å². The molecule has 0 bridgehead atoms. The summed E-state index contributed by atoms with van der Waals surface area (Å²) in [6.45, 7) is 9.22. The quantitative estimate of drug-likeness (QED) is 0.604. The van der Waals surface area contributed by atoms with Crippen LogP contribution in [-0.4, -0.2) is 38.3 Å². The number of hydrogen-bond donors (Lipinski definition) is 1. The summed E-state index contributed by atoms with van der Waals surface area (Å²) in [5, 5.41) is 0. The lowest BCUT2D eigenvalue weighted by molar-refractivity contribution is -0.0799. The summed E-state index contributed by atoms with van der Waals surface area (Å²) < 4.78 is 16.1. The van der Waals surface area contributed by atoms with E-state index in [0.29, 0.717) is 13.2 Å². The van der Waals surface area contributed by atoms with Gasteiger partial charge in [-0.05, 0) is 27.7 Å². The molecule has 0 saturated carbocycles. The van der Waals surface area contributed by atoms with Crippen molar-refractivity contribution in [3.8, 4) is 0 Å². The molecule has 0 aromatic carbocycles. The summed E-state index contributed by atoms with van der Waals surface area (Å²) >= 11 is 0. The van der Waals surface area contributed by atoms with Crippen molar-refractivity contribution in [1.82, 2.24) is 0 Å². The van der Waals surface area contributed by atoms with Gasteiger partial charge in [-0.15, -0.1) is 0 Å². The van der Waals surface area contributed by atoms with Gasteiger partial charge in [0.1, 0.15) is 6.10 Å². The molecule has 4 heteroatoms. The van der Waals surface area contributed by atoms with Gasteiger partial charge >= 0.3 is 0 Å². The summed E-state index contributed by atoms with van der Waals surface area (Å²) in [7, 11) is 0. The topological polar surface area (TPSA) is 53.7 Å². The molecule has 0 fully saturated rings. The molecule has 0 aliphatic rings. The predicted molar refractivity (Wildman–Crippen MR) is 56.1 cm³/mol. The first kappa shape index (κ1) is 13.8.